The topological polar surface area (TPSA) is 42.7 Å². The van der Waals surface area contributed by atoms with E-state index in [1.807, 2.05) is 12.4 Å². The van der Waals surface area contributed by atoms with Gasteiger partial charge in [-0.1, -0.05) is 33.8 Å². The maximum atomic E-state index is 5.73. The van der Waals surface area contributed by atoms with Crippen molar-refractivity contribution in [1.29, 1.82) is 0 Å². The first kappa shape index (κ1) is 21.2. The summed E-state index contributed by atoms with van der Waals surface area (Å²) in [6, 6.07) is 4.25. The zero-order valence-corrected chi connectivity index (χ0v) is 18.9. The van der Waals surface area contributed by atoms with Crippen LogP contribution in [0.1, 0.15) is 63.3 Å². The number of nitrogens with zero attached hydrogens (tertiary/aromatic N) is 4. The minimum Gasteiger partial charge on any atom is -0.496 e. The van der Waals surface area contributed by atoms with Crippen molar-refractivity contribution in [2.75, 3.05) is 25.1 Å². The number of aromatic nitrogens is 3. The van der Waals surface area contributed by atoms with E-state index in [1.54, 1.807) is 7.11 Å². The molecular formula is C24H34N4O. The van der Waals surface area contributed by atoms with E-state index in [1.165, 1.54) is 11.4 Å². The summed E-state index contributed by atoms with van der Waals surface area (Å²) < 4.78 is 7.96. The van der Waals surface area contributed by atoms with Gasteiger partial charge >= 0.3 is 0 Å². The summed E-state index contributed by atoms with van der Waals surface area (Å²) in [7, 11) is 1.72. The Morgan fingerprint density at radius 3 is 2.38 bits per heavy atom. The fraction of sp³-hybridized carbons (Fsp3) is 0.500. The Morgan fingerprint density at radius 2 is 1.79 bits per heavy atom. The Balaban J connectivity index is 2.32. The van der Waals surface area contributed by atoms with Crippen molar-refractivity contribution in [3.8, 4) is 17.0 Å². The number of imidazole rings is 1. The number of ether oxygens (including phenoxy) is 1. The van der Waals surface area contributed by atoms with Crippen LogP contribution in [0, 0.1) is 13.8 Å². The molecule has 0 saturated heterocycles. The summed E-state index contributed by atoms with van der Waals surface area (Å²) in [5.74, 6) is 2.37. The molecule has 0 radical (unpaired) electrons. The molecule has 0 N–H and O–H groups in total. The molecule has 29 heavy (non-hydrogen) atoms. The number of hydrogen-bond donors (Lipinski definition) is 0. The number of rotatable bonds is 8. The van der Waals surface area contributed by atoms with Gasteiger partial charge in [0.1, 0.15) is 17.3 Å². The summed E-state index contributed by atoms with van der Waals surface area (Å²) >= 11 is 0. The van der Waals surface area contributed by atoms with E-state index >= 15 is 0 Å². The van der Waals surface area contributed by atoms with Gasteiger partial charge in [-0.25, -0.2) is 4.98 Å². The molecule has 0 fully saturated rings. The Hall–Kier alpha value is -2.56. The van der Waals surface area contributed by atoms with Crippen LogP contribution >= 0.6 is 0 Å². The molecule has 0 aliphatic rings. The molecule has 0 saturated carbocycles. The number of anilines is 1. The third-order valence-corrected chi connectivity index (χ3v) is 5.28. The van der Waals surface area contributed by atoms with Crippen molar-refractivity contribution in [2.45, 2.75) is 60.3 Å². The van der Waals surface area contributed by atoms with Crippen molar-refractivity contribution in [1.82, 2.24) is 14.4 Å². The van der Waals surface area contributed by atoms with Gasteiger partial charge in [-0.15, -0.1) is 0 Å². The van der Waals surface area contributed by atoms with E-state index in [2.05, 4.69) is 63.0 Å². The predicted molar refractivity (Wildman–Crippen MR) is 121 cm³/mol. The zero-order chi connectivity index (χ0) is 21.1. The van der Waals surface area contributed by atoms with E-state index in [9.17, 15) is 0 Å². The highest BCUT2D eigenvalue weighted by molar-refractivity contribution is 5.82. The second-order valence-corrected chi connectivity index (χ2v) is 8.09. The lowest BCUT2D eigenvalue weighted by Gasteiger charge is -2.25. The van der Waals surface area contributed by atoms with Gasteiger partial charge < -0.3 is 9.64 Å². The van der Waals surface area contributed by atoms with Gasteiger partial charge in [0, 0.05) is 31.0 Å². The van der Waals surface area contributed by atoms with Crippen LogP contribution in [0.2, 0.25) is 0 Å². The van der Waals surface area contributed by atoms with Crippen LogP contribution in [0.4, 0.5) is 5.82 Å². The molecule has 3 rings (SSSR count). The van der Waals surface area contributed by atoms with Gasteiger partial charge in [0.25, 0.3) is 0 Å². The van der Waals surface area contributed by atoms with Crippen molar-refractivity contribution >= 4 is 11.5 Å². The molecule has 5 nitrogen and oxygen atoms in total. The minimum absolute atomic E-state index is 0.329. The molecule has 2 aromatic heterocycles. The highest BCUT2D eigenvalue weighted by atomic mass is 16.5. The second-order valence-electron chi connectivity index (χ2n) is 8.09. The summed E-state index contributed by atoms with van der Waals surface area (Å²) in [4.78, 5) is 12.3. The maximum Gasteiger partial charge on any atom is 0.165 e. The minimum atomic E-state index is 0.329. The molecule has 2 heterocycles. The number of benzene rings is 1. The fourth-order valence-corrected chi connectivity index (χ4v) is 4.12. The van der Waals surface area contributed by atoms with E-state index in [0.29, 0.717) is 5.92 Å². The molecule has 1 aromatic carbocycles. The zero-order valence-electron chi connectivity index (χ0n) is 18.9. The molecule has 0 atom stereocenters. The highest BCUT2D eigenvalue weighted by Crippen LogP contribution is 2.38. The lowest BCUT2D eigenvalue weighted by atomic mass is 10.0. The molecule has 156 valence electrons. The molecule has 0 aliphatic carbocycles. The molecular weight excluding hydrogens is 360 g/mol. The van der Waals surface area contributed by atoms with Crippen molar-refractivity contribution in [3.05, 3.63) is 41.3 Å². The normalized spacial score (nSPS) is 11.4. The first-order chi connectivity index (χ1) is 13.9. The van der Waals surface area contributed by atoms with Gasteiger partial charge in [0.05, 0.1) is 12.8 Å². The highest BCUT2D eigenvalue weighted by Gasteiger charge is 2.24. The summed E-state index contributed by atoms with van der Waals surface area (Å²) in [6.45, 7) is 15.1. The van der Waals surface area contributed by atoms with Gasteiger partial charge in [0.2, 0.25) is 0 Å². The Bertz CT molecular complexity index is 984. The molecule has 0 aliphatic heterocycles. The van der Waals surface area contributed by atoms with Gasteiger partial charge in [-0.2, -0.15) is 0 Å². The smallest absolute Gasteiger partial charge is 0.165 e. The SMILES string of the molecule is CCCN(CCC)c1c(C(C)C)nc2c(-c3c(C)cc(C)cc3OC)nccn12. The lowest BCUT2D eigenvalue weighted by Crippen LogP contribution is -2.27. The first-order valence-electron chi connectivity index (χ1n) is 10.7. The van der Waals surface area contributed by atoms with Gasteiger partial charge in [-0.05, 0) is 49.8 Å². The quantitative estimate of drug-likeness (QED) is 0.486. The maximum absolute atomic E-state index is 5.73. The van der Waals surface area contributed by atoms with E-state index in [-0.39, 0.29) is 0 Å². The molecule has 0 spiro atoms. The monoisotopic (exact) mass is 394 g/mol. The van der Waals surface area contributed by atoms with Gasteiger partial charge in [0.15, 0.2) is 5.65 Å². The van der Waals surface area contributed by atoms with Crippen LogP contribution in [-0.4, -0.2) is 34.6 Å². The fourth-order valence-electron chi connectivity index (χ4n) is 4.12. The van der Waals surface area contributed by atoms with Crippen LogP contribution in [0.5, 0.6) is 5.75 Å². The summed E-state index contributed by atoms with van der Waals surface area (Å²) in [5, 5.41) is 0. The second kappa shape index (κ2) is 8.85. The number of aryl methyl sites for hydroxylation is 2. The standard InChI is InChI=1S/C24H34N4O/c1-8-11-27(12-9-2)24-21(16(3)4)26-23-22(25-10-13-28(23)24)20-18(6)14-17(5)15-19(20)29-7/h10,13-16H,8-9,11-12H2,1-7H3. The van der Waals surface area contributed by atoms with Crippen LogP contribution in [0.3, 0.4) is 0 Å². The van der Waals surface area contributed by atoms with E-state index < -0.39 is 0 Å². The Kier molecular flexibility index (Phi) is 6.46. The third-order valence-electron chi connectivity index (χ3n) is 5.28. The number of fused-ring (bicyclic) bond motifs is 1. The summed E-state index contributed by atoms with van der Waals surface area (Å²) in [6.07, 6.45) is 6.13. The predicted octanol–water partition coefficient (Wildman–Crippen LogP) is 5.77. The molecule has 5 heteroatoms. The van der Waals surface area contributed by atoms with E-state index in [0.717, 1.165) is 59.8 Å². The van der Waals surface area contributed by atoms with Crippen molar-refractivity contribution in [2.24, 2.45) is 0 Å². The number of methoxy groups -OCH3 is 1. The van der Waals surface area contributed by atoms with Crippen molar-refractivity contribution < 1.29 is 4.74 Å². The molecule has 0 unspecified atom stereocenters. The third kappa shape index (κ3) is 3.96. The van der Waals surface area contributed by atoms with Crippen LogP contribution in [0.15, 0.2) is 24.5 Å². The van der Waals surface area contributed by atoms with Crippen LogP contribution < -0.4 is 9.64 Å². The number of hydrogen-bond acceptors (Lipinski definition) is 4. The average molecular weight is 395 g/mol. The molecule has 3 aromatic rings. The Labute approximate surface area is 174 Å². The van der Waals surface area contributed by atoms with E-state index in [4.69, 9.17) is 14.7 Å². The van der Waals surface area contributed by atoms with Gasteiger partial charge in [-0.3, -0.25) is 9.38 Å². The van der Waals surface area contributed by atoms with Crippen molar-refractivity contribution in [3.63, 3.8) is 0 Å². The molecule has 0 bridgehead atoms. The average Bonchev–Trinajstić information content (AvgIpc) is 3.07. The lowest BCUT2D eigenvalue weighted by molar-refractivity contribution is 0.415. The largest absolute Gasteiger partial charge is 0.496 e. The Morgan fingerprint density at radius 1 is 1.10 bits per heavy atom. The molecule has 0 amide bonds. The van der Waals surface area contributed by atoms with Crippen LogP contribution in [-0.2, 0) is 0 Å². The summed E-state index contributed by atoms with van der Waals surface area (Å²) in [5.41, 5.74) is 6.26. The van der Waals surface area contributed by atoms with Crippen LogP contribution in [0.25, 0.3) is 16.9 Å². The first-order valence-corrected chi connectivity index (χ1v) is 10.7.